The highest BCUT2D eigenvalue weighted by atomic mass is 32.2. The Kier molecular flexibility index (Phi) is 8.48. The van der Waals surface area contributed by atoms with Gasteiger partial charge in [0, 0.05) is 13.0 Å². The maximum absolute atomic E-state index is 12.2. The van der Waals surface area contributed by atoms with Crippen molar-refractivity contribution >= 4 is 15.9 Å². The molecule has 0 fully saturated rings. The maximum Gasteiger partial charge on any atom is 0.240 e. The average Bonchev–Trinajstić information content (AvgIpc) is 2.74. The normalized spacial score (nSPS) is 11.1. The number of sulfonamides is 1. The monoisotopic (exact) mass is 420 g/mol. The lowest BCUT2D eigenvalue weighted by molar-refractivity contribution is -0.121. The number of nitrogens with one attached hydrogen (secondary N) is 2. The fourth-order valence-electron chi connectivity index (χ4n) is 2.79. The van der Waals surface area contributed by atoms with Gasteiger partial charge in [0.05, 0.1) is 31.2 Å². The van der Waals surface area contributed by atoms with Gasteiger partial charge in [-0.25, -0.2) is 13.1 Å². The van der Waals surface area contributed by atoms with E-state index in [0.29, 0.717) is 31.0 Å². The second kappa shape index (κ2) is 10.8. The van der Waals surface area contributed by atoms with Gasteiger partial charge in [-0.1, -0.05) is 25.1 Å². The van der Waals surface area contributed by atoms with Crippen molar-refractivity contribution in [3.05, 3.63) is 53.6 Å². The van der Waals surface area contributed by atoms with Crippen LogP contribution in [0.15, 0.2) is 47.4 Å². The Bertz CT molecular complexity index is 889. The van der Waals surface area contributed by atoms with Gasteiger partial charge in [0.1, 0.15) is 11.5 Å². The van der Waals surface area contributed by atoms with Crippen LogP contribution < -0.4 is 19.5 Å². The van der Waals surface area contributed by atoms with Crippen molar-refractivity contribution < 1.29 is 22.7 Å². The van der Waals surface area contributed by atoms with Gasteiger partial charge < -0.3 is 14.8 Å². The first kappa shape index (κ1) is 22.7. The van der Waals surface area contributed by atoms with Gasteiger partial charge in [0.15, 0.2) is 0 Å². The lowest BCUT2D eigenvalue weighted by Gasteiger charge is -2.13. The standard InChI is InChI=1S/C21H28N2O5S/c1-4-14-23-29(25,26)17-11-8-16(9-12-17)10-13-21(24)22-15-18-19(27-2)6-5-7-20(18)28-3/h5-9,11-12,23H,4,10,13-15H2,1-3H3,(H,22,24). The number of hydrogen-bond donors (Lipinski definition) is 2. The number of amides is 1. The van der Waals surface area contributed by atoms with Crippen molar-refractivity contribution in [3.8, 4) is 11.5 Å². The predicted molar refractivity (Wildman–Crippen MR) is 112 cm³/mol. The van der Waals surface area contributed by atoms with E-state index in [1.54, 1.807) is 38.5 Å². The van der Waals surface area contributed by atoms with Crippen LogP contribution >= 0.6 is 0 Å². The van der Waals surface area contributed by atoms with E-state index in [4.69, 9.17) is 9.47 Å². The fourth-order valence-corrected chi connectivity index (χ4v) is 3.92. The van der Waals surface area contributed by atoms with Crippen LogP contribution in [0.4, 0.5) is 0 Å². The second-order valence-electron chi connectivity index (χ2n) is 6.46. The van der Waals surface area contributed by atoms with Gasteiger partial charge in [-0.3, -0.25) is 4.79 Å². The van der Waals surface area contributed by atoms with E-state index in [-0.39, 0.29) is 17.2 Å². The highest BCUT2D eigenvalue weighted by Gasteiger charge is 2.13. The second-order valence-corrected chi connectivity index (χ2v) is 8.23. The first-order valence-corrected chi connectivity index (χ1v) is 10.9. The number of benzene rings is 2. The molecule has 0 unspecified atom stereocenters. The minimum absolute atomic E-state index is 0.112. The van der Waals surface area contributed by atoms with Crippen molar-refractivity contribution in [2.75, 3.05) is 20.8 Å². The fraction of sp³-hybridized carbons (Fsp3) is 0.381. The summed E-state index contributed by atoms with van der Waals surface area (Å²) in [5, 5.41) is 2.87. The van der Waals surface area contributed by atoms with E-state index in [0.717, 1.165) is 17.5 Å². The molecule has 0 atom stereocenters. The van der Waals surface area contributed by atoms with Gasteiger partial charge in [-0.05, 0) is 42.7 Å². The molecular formula is C21H28N2O5S. The number of hydrogen-bond acceptors (Lipinski definition) is 5. The van der Waals surface area contributed by atoms with Crippen LogP contribution in [0.1, 0.15) is 30.9 Å². The summed E-state index contributed by atoms with van der Waals surface area (Å²) in [7, 11) is -0.334. The van der Waals surface area contributed by atoms with Crippen molar-refractivity contribution in [2.45, 2.75) is 37.6 Å². The Labute approximate surface area is 172 Å². The number of aryl methyl sites for hydroxylation is 1. The average molecular weight is 421 g/mol. The maximum atomic E-state index is 12.2. The Hall–Kier alpha value is -2.58. The molecule has 2 aromatic rings. The summed E-state index contributed by atoms with van der Waals surface area (Å²) >= 11 is 0. The molecule has 2 N–H and O–H groups in total. The molecule has 0 aliphatic carbocycles. The van der Waals surface area contributed by atoms with Crippen molar-refractivity contribution in [3.63, 3.8) is 0 Å². The van der Waals surface area contributed by atoms with Gasteiger partial charge in [0.2, 0.25) is 15.9 Å². The summed E-state index contributed by atoms with van der Waals surface area (Å²) in [6.07, 6.45) is 1.53. The smallest absolute Gasteiger partial charge is 0.240 e. The van der Waals surface area contributed by atoms with Crippen LogP contribution in [0.5, 0.6) is 11.5 Å². The zero-order valence-electron chi connectivity index (χ0n) is 17.0. The SMILES string of the molecule is CCCNS(=O)(=O)c1ccc(CCC(=O)NCc2c(OC)cccc2OC)cc1. The lowest BCUT2D eigenvalue weighted by Crippen LogP contribution is -2.24. The van der Waals surface area contributed by atoms with Crippen LogP contribution in [0.2, 0.25) is 0 Å². The highest BCUT2D eigenvalue weighted by molar-refractivity contribution is 7.89. The molecule has 0 radical (unpaired) electrons. The van der Waals surface area contributed by atoms with E-state index in [1.807, 2.05) is 25.1 Å². The Morgan fingerprint density at radius 2 is 1.62 bits per heavy atom. The largest absolute Gasteiger partial charge is 0.496 e. The topological polar surface area (TPSA) is 93.7 Å². The summed E-state index contributed by atoms with van der Waals surface area (Å²) in [4.78, 5) is 12.5. The molecule has 0 aliphatic rings. The number of methoxy groups -OCH3 is 2. The van der Waals surface area contributed by atoms with Gasteiger partial charge in [-0.2, -0.15) is 0 Å². The van der Waals surface area contributed by atoms with Crippen molar-refractivity contribution in [1.82, 2.24) is 10.0 Å². The number of ether oxygens (including phenoxy) is 2. The number of carbonyl (C=O) groups excluding carboxylic acids is 1. The third kappa shape index (κ3) is 6.47. The third-order valence-corrected chi connectivity index (χ3v) is 5.89. The van der Waals surface area contributed by atoms with E-state index in [1.165, 1.54) is 0 Å². The first-order valence-electron chi connectivity index (χ1n) is 9.46. The molecule has 0 aromatic heterocycles. The molecule has 2 rings (SSSR count). The lowest BCUT2D eigenvalue weighted by atomic mass is 10.1. The molecule has 0 heterocycles. The molecule has 1 amide bonds. The van der Waals surface area contributed by atoms with E-state index in [2.05, 4.69) is 10.0 Å². The minimum atomic E-state index is -3.48. The molecule has 7 nitrogen and oxygen atoms in total. The van der Waals surface area contributed by atoms with Crippen LogP contribution in [-0.4, -0.2) is 35.1 Å². The van der Waals surface area contributed by atoms with Gasteiger partial charge >= 0.3 is 0 Å². The summed E-state index contributed by atoms with van der Waals surface area (Å²) in [6, 6.07) is 12.0. The molecule has 0 aliphatic heterocycles. The van der Waals surface area contributed by atoms with E-state index in [9.17, 15) is 13.2 Å². The Morgan fingerprint density at radius 1 is 1.00 bits per heavy atom. The molecule has 0 bridgehead atoms. The van der Waals surface area contributed by atoms with Crippen LogP contribution in [0.25, 0.3) is 0 Å². The molecule has 158 valence electrons. The molecule has 0 saturated heterocycles. The van der Waals surface area contributed by atoms with Crippen molar-refractivity contribution in [2.24, 2.45) is 0 Å². The molecule has 0 saturated carbocycles. The molecule has 29 heavy (non-hydrogen) atoms. The Morgan fingerprint density at radius 3 is 2.17 bits per heavy atom. The summed E-state index contributed by atoms with van der Waals surface area (Å²) < 4.78 is 37.4. The quantitative estimate of drug-likeness (QED) is 0.583. The minimum Gasteiger partial charge on any atom is -0.496 e. The third-order valence-electron chi connectivity index (χ3n) is 4.41. The van der Waals surface area contributed by atoms with Gasteiger partial charge in [-0.15, -0.1) is 0 Å². The molecule has 0 spiro atoms. The zero-order valence-corrected chi connectivity index (χ0v) is 17.8. The number of carbonyl (C=O) groups is 1. The van der Waals surface area contributed by atoms with Crippen LogP contribution in [0.3, 0.4) is 0 Å². The zero-order chi connectivity index (χ0) is 21.3. The van der Waals surface area contributed by atoms with Crippen LogP contribution in [0, 0.1) is 0 Å². The van der Waals surface area contributed by atoms with Crippen LogP contribution in [-0.2, 0) is 27.8 Å². The molecular weight excluding hydrogens is 392 g/mol. The van der Waals surface area contributed by atoms with Crippen molar-refractivity contribution in [1.29, 1.82) is 0 Å². The molecule has 2 aromatic carbocycles. The molecule has 8 heteroatoms. The van der Waals surface area contributed by atoms with E-state index < -0.39 is 10.0 Å². The highest BCUT2D eigenvalue weighted by Crippen LogP contribution is 2.27. The first-order chi connectivity index (χ1) is 13.9. The summed E-state index contributed by atoms with van der Waals surface area (Å²) in [5.74, 6) is 1.19. The summed E-state index contributed by atoms with van der Waals surface area (Å²) in [5.41, 5.74) is 1.67. The predicted octanol–water partition coefficient (Wildman–Crippen LogP) is 2.64. The van der Waals surface area contributed by atoms with E-state index >= 15 is 0 Å². The summed E-state index contributed by atoms with van der Waals surface area (Å²) in [6.45, 7) is 2.61. The van der Waals surface area contributed by atoms with Gasteiger partial charge in [0.25, 0.3) is 0 Å². The number of rotatable bonds is 11. The Balaban J connectivity index is 1.90.